The predicted octanol–water partition coefficient (Wildman–Crippen LogP) is 7.45. The summed E-state index contributed by atoms with van der Waals surface area (Å²) in [6.07, 6.45) is 19.9. The van der Waals surface area contributed by atoms with Crippen LogP contribution >= 0.6 is 11.6 Å². The van der Waals surface area contributed by atoms with Crippen molar-refractivity contribution in [2.75, 3.05) is 6.54 Å². The van der Waals surface area contributed by atoms with Gasteiger partial charge in [0.25, 0.3) is 0 Å². The van der Waals surface area contributed by atoms with Gasteiger partial charge in [0.2, 0.25) is 0 Å². The number of halogens is 1. The van der Waals surface area contributed by atoms with Crippen LogP contribution in [0.5, 0.6) is 0 Å². The number of hydrogen-bond acceptors (Lipinski definition) is 1. The Hall–Kier alpha value is 0.250. The van der Waals surface area contributed by atoms with Crippen LogP contribution in [-0.2, 0) is 0 Å². The van der Waals surface area contributed by atoms with Gasteiger partial charge in [-0.15, -0.1) is 11.6 Å². The van der Waals surface area contributed by atoms with Crippen LogP contribution in [0.3, 0.4) is 0 Å². The van der Waals surface area contributed by atoms with E-state index in [1.807, 2.05) is 20.8 Å². The van der Waals surface area contributed by atoms with E-state index in [-0.39, 0.29) is 4.87 Å². The Morgan fingerprint density at radius 3 is 1.05 bits per heavy atom. The maximum absolute atomic E-state index is 5.53. The second-order valence-corrected chi connectivity index (χ2v) is 8.59. The third kappa shape index (κ3) is 37.0. The Morgan fingerprint density at radius 1 is 0.591 bits per heavy atom. The smallest absolute Gasteiger partial charge is 0.0362 e. The van der Waals surface area contributed by atoms with Crippen LogP contribution in [0.15, 0.2) is 0 Å². The largest absolute Gasteiger partial charge is 0.330 e. The third-order valence-corrected chi connectivity index (χ3v) is 3.56. The molecule has 0 aliphatic heterocycles. The van der Waals surface area contributed by atoms with Crippen LogP contribution in [-0.4, -0.2) is 11.4 Å². The number of hydrogen-bond donors (Lipinski definition) is 1. The summed E-state index contributed by atoms with van der Waals surface area (Å²) in [5.74, 6) is 0. The molecule has 22 heavy (non-hydrogen) atoms. The fourth-order valence-corrected chi connectivity index (χ4v) is 2.34. The van der Waals surface area contributed by atoms with Gasteiger partial charge >= 0.3 is 0 Å². The zero-order valence-corrected chi connectivity index (χ0v) is 16.8. The number of rotatable bonds is 14. The molecule has 0 bridgehead atoms. The Kier molecular flexibility index (Phi) is 21.5. The molecule has 0 aliphatic rings. The highest BCUT2D eigenvalue weighted by molar-refractivity contribution is 6.23. The van der Waals surface area contributed by atoms with E-state index < -0.39 is 0 Å². The van der Waals surface area contributed by atoms with Crippen LogP contribution < -0.4 is 5.73 Å². The average Bonchev–Trinajstić information content (AvgIpc) is 2.42. The highest BCUT2D eigenvalue weighted by atomic mass is 35.5. The first-order valence-electron chi connectivity index (χ1n) is 9.80. The first kappa shape index (κ1) is 24.5. The minimum atomic E-state index is -0.0278. The van der Waals surface area contributed by atoms with Gasteiger partial charge in [-0.05, 0) is 33.7 Å². The summed E-state index contributed by atoms with van der Waals surface area (Å²) in [5, 5.41) is 0. The zero-order valence-electron chi connectivity index (χ0n) is 16.1. The van der Waals surface area contributed by atoms with Gasteiger partial charge in [-0.1, -0.05) is 90.4 Å². The molecule has 0 saturated carbocycles. The molecule has 0 aromatic carbocycles. The van der Waals surface area contributed by atoms with Crippen molar-refractivity contribution < 1.29 is 0 Å². The molecule has 0 atom stereocenters. The summed E-state index contributed by atoms with van der Waals surface area (Å²) in [6, 6.07) is 0. The summed E-state index contributed by atoms with van der Waals surface area (Å²) < 4.78 is 0. The van der Waals surface area contributed by atoms with Crippen molar-refractivity contribution in [1.82, 2.24) is 0 Å². The summed E-state index contributed by atoms with van der Waals surface area (Å²) >= 11 is 5.53. The maximum Gasteiger partial charge on any atom is 0.0362 e. The summed E-state index contributed by atoms with van der Waals surface area (Å²) in [5.41, 5.74) is 5.47. The molecule has 0 heterocycles. The van der Waals surface area contributed by atoms with Gasteiger partial charge in [0, 0.05) is 4.87 Å². The van der Waals surface area contributed by atoms with Crippen molar-refractivity contribution in [2.24, 2.45) is 5.73 Å². The molecule has 2 N–H and O–H groups in total. The van der Waals surface area contributed by atoms with Gasteiger partial charge in [0.1, 0.15) is 0 Å². The van der Waals surface area contributed by atoms with Gasteiger partial charge in [0.05, 0.1) is 0 Å². The van der Waals surface area contributed by atoms with E-state index in [9.17, 15) is 0 Å². The van der Waals surface area contributed by atoms with Crippen LogP contribution in [0, 0.1) is 0 Å². The second-order valence-electron chi connectivity index (χ2n) is 7.45. The lowest BCUT2D eigenvalue weighted by Gasteiger charge is -2.02. The molecule has 2 heteroatoms. The van der Waals surface area contributed by atoms with Crippen molar-refractivity contribution in [2.45, 2.75) is 122 Å². The molecule has 0 amide bonds. The third-order valence-electron chi connectivity index (χ3n) is 3.56. The Morgan fingerprint density at radius 2 is 0.818 bits per heavy atom. The molecule has 0 fully saturated rings. The molecular weight excluding hydrogens is 290 g/mol. The Bertz CT molecular complexity index is 167. The molecule has 0 unspecified atom stereocenters. The van der Waals surface area contributed by atoms with E-state index in [0.717, 1.165) is 6.54 Å². The monoisotopic (exact) mass is 333 g/mol. The predicted molar refractivity (Wildman–Crippen MR) is 105 cm³/mol. The highest BCUT2D eigenvalue weighted by Gasteiger charge is 1.99. The van der Waals surface area contributed by atoms with Crippen LogP contribution in [0.1, 0.15) is 118 Å². The lowest BCUT2D eigenvalue weighted by Crippen LogP contribution is -1.99. The van der Waals surface area contributed by atoms with E-state index in [4.69, 9.17) is 17.3 Å². The highest BCUT2D eigenvalue weighted by Crippen LogP contribution is 2.12. The van der Waals surface area contributed by atoms with Gasteiger partial charge in [-0.25, -0.2) is 0 Å². The van der Waals surface area contributed by atoms with E-state index in [1.165, 1.54) is 89.9 Å². The molecule has 0 spiro atoms. The molecular formula is C20H44ClN. The average molecular weight is 334 g/mol. The van der Waals surface area contributed by atoms with Crippen LogP contribution in [0.25, 0.3) is 0 Å². The topological polar surface area (TPSA) is 26.0 Å². The van der Waals surface area contributed by atoms with Crippen molar-refractivity contribution >= 4 is 11.6 Å². The Balaban J connectivity index is 0. The molecule has 0 rings (SSSR count). The number of nitrogens with two attached hydrogens (primary N) is 1. The molecule has 0 radical (unpaired) electrons. The SMILES string of the molecule is CC(C)(C)Cl.CCCCCCCCCCCCCCCCN. The first-order chi connectivity index (χ1) is 10.4. The van der Waals surface area contributed by atoms with Gasteiger partial charge in [-0.2, -0.15) is 0 Å². The van der Waals surface area contributed by atoms with Gasteiger partial charge in [-0.3, -0.25) is 0 Å². The number of alkyl halides is 1. The standard InChI is InChI=1S/C16H35N.C4H9Cl/c1-2-3-4-5-6-7-8-9-10-11-12-13-14-15-16-17;1-4(2,3)5/h2-17H2,1H3;1-3H3. The Labute approximate surface area is 146 Å². The first-order valence-corrected chi connectivity index (χ1v) is 10.2. The normalized spacial score (nSPS) is 11.2. The second kappa shape index (κ2) is 19.3. The summed E-state index contributed by atoms with van der Waals surface area (Å²) in [6.45, 7) is 9.02. The minimum absolute atomic E-state index is 0.0278. The molecule has 0 aliphatic carbocycles. The zero-order chi connectivity index (χ0) is 17.1. The van der Waals surface area contributed by atoms with Crippen LogP contribution in [0.2, 0.25) is 0 Å². The van der Waals surface area contributed by atoms with Gasteiger partial charge in [0.15, 0.2) is 0 Å². The number of unbranched alkanes of at least 4 members (excludes halogenated alkanes) is 13. The quantitative estimate of drug-likeness (QED) is 0.259. The van der Waals surface area contributed by atoms with Crippen molar-refractivity contribution in [1.29, 1.82) is 0 Å². The van der Waals surface area contributed by atoms with Crippen molar-refractivity contribution in [3.8, 4) is 0 Å². The van der Waals surface area contributed by atoms with Crippen LogP contribution in [0.4, 0.5) is 0 Å². The van der Waals surface area contributed by atoms with E-state index in [0.29, 0.717) is 0 Å². The molecule has 0 saturated heterocycles. The minimum Gasteiger partial charge on any atom is -0.330 e. The molecule has 136 valence electrons. The fourth-order valence-electron chi connectivity index (χ4n) is 2.34. The fraction of sp³-hybridized carbons (Fsp3) is 1.00. The lowest BCUT2D eigenvalue weighted by molar-refractivity contribution is 0.536. The summed E-state index contributed by atoms with van der Waals surface area (Å²) in [7, 11) is 0. The van der Waals surface area contributed by atoms with E-state index in [1.54, 1.807) is 0 Å². The van der Waals surface area contributed by atoms with Crippen molar-refractivity contribution in [3.63, 3.8) is 0 Å². The van der Waals surface area contributed by atoms with Crippen molar-refractivity contribution in [3.05, 3.63) is 0 Å². The van der Waals surface area contributed by atoms with E-state index in [2.05, 4.69) is 6.92 Å². The maximum atomic E-state index is 5.53. The van der Waals surface area contributed by atoms with Gasteiger partial charge < -0.3 is 5.73 Å². The molecule has 0 aromatic rings. The molecule has 0 aromatic heterocycles. The van der Waals surface area contributed by atoms with E-state index >= 15 is 0 Å². The molecule has 1 nitrogen and oxygen atoms in total. The lowest BCUT2D eigenvalue weighted by atomic mass is 10.0. The summed E-state index contributed by atoms with van der Waals surface area (Å²) in [4.78, 5) is -0.0278.